The average molecular weight is 448 g/mol. The first-order chi connectivity index (χ1) is 16.0. The largest absolute Gasteiger partial charge is 0.497 e. The fraction of sp³-hybridized carbons (Fsp3) is 0.333. The Labute approximate surface area is 194 Å². The smallest absolute Gasteiger partial charge is 0.315 e. The van der Waals surface area contributed by atoms with E-state index in [0.29, 0.717) is 29.9 Å². The molecule has 33 heavy (non-hydrogen) atoms. The summed E-state index contributed by atoms with van der Waals surface area (Å²) in [5, 5.41) is 3.30. The molecule has 0 aromatic heterocycles. The molecule has 1 aliphatic carbocycles. The van der Waals surface area contributed by atoms with Crippen molar-refractivity contribution in [2.75, 3.05) is 20.8 Å². The van der Waals surface area contributed by atoms with E-state index < -0.39 is 11.8 Å². The number of hydrogen-bond donors (Lipinski definition) is 1. The van der Waals surface area contributed by atoms with E-state index in [4.69, 9.17) is 14.2 Å². The first-order valence-corrected chi connectivity index (χ1v) is 11.1. The lowest BCUT2D eigenvalue weighted by Crippen LogP contribution is -2.42. The Kier molecular flexibility index (Phi) is 6.54. The Hall–Kier alpha value is -3.54. The van der Waals surface area contributed by atoms with Gasteiger partial charge in [0.2, 0.25) is 0 Å². The van der Waals surface area contributed by atoms with Crippen LogP contribution in [0, 0.1) is 5.92 Å². The van der Waals surface area contributed by atoms with E-state index in [0.717, 1.165) is 22.6 Å². The van der Waals surface area contributed by atoms with Gasteiger partial charge in [-0.25, -0.2) is 0 Å². The van der Waals surface area contributed by atoms with Crippen molar-refractivity contribution in [2.24, 2.45) is 5.92 Å². The number of ether oxygens (including phenoxy) is 3. The number of methoxy groups -OCH3 is 2. The number of Topliss-reactive ketones (excluding diaryl/α,β-unsaturated/α-hetero) is 1. The predicted molar refractivity (Wildman–Crippen MR) is 125 cm³/mol. The second-order valence-corrected chi connectivity index (χ2v) is 8.32. The lowest BCUT2D eigenvalue weighted by atomic mass is 9.69. The van der Waals surface area contributed by atoms with Crippen molar-refractivity contribution in [3.05, 3.63) is 83.2 Å². The standard InChI is InChI=1S/C27H29NO5/c1-5-33-27(30)24-16(2)28-22-14-19(17-6-10-20(31-3)11-7-17)15-23(29)26(22)25(24)18-8-12-21(32-4)13-9-18/h6-13,19,24-25,28H,2,5,14-15H2,1,3-4H3. The summed E-state index contributed by atoms with van der Waals surface area (Å²) in [5.74, 6) is 0.0455. The lowest BCUT2D eigenvalue weighted by molar-refractivity contribution is -0.147. The van der Waals surface area contributed by atoms with Crippen LogP contribution in [0.3, 0.4) is 0 Å². The Bertz CT molecular complexity index is 1080. The molecule has 3 unspecified atom stereocenters. The van der Waals surface area contributed by atoms with Crippen LogP contribution in [0.1, 0.15) is 42.7 Å². The molecule has 2 aromatic carbocycles. The monoisotopic (exact) mass is 447 g/mol. The number of rotatable bonds is 6. The van der Waals surface area contributed by atoms with Crippen molar-refractivity contribution >= 4 is 11.8 Å². The second-order valence-electron chi connectivity index (χ2n) is 8.32. The highest BCUT2D eigenvalue weighted by molar-refractivity contribution is 6.01. The molecule has 0 saturated carbocycles. The van der Waals surface area contributed by atoms with Gasteiger partial charge in [0.15, 0.2) is 5.78 Å². The molecule has 1 heterocycles. The summed E-state index contributed by atoms with van der Waals surface area (Å²) in [6.07, 6.45) is 1.04. The van der Waals surface area contributed by atoms with Crippen LogP contribution in [0.2, 0.25) is 0 Å². The molecule has 0 amide bonds. The molecule has 0 spiro atoms. The van der Waals surface area contributed by atoms with Crippen molar-refractivity contribution in [3.63, 3.8) is 0 Å². The Balaban J connectivity index is 1.75. The highest BCUT2D eigenvalue weighted by atomic mass is 16.5. The van der Waals surface area contributed by atoms with E-state index in [1.165, 1.54) is 0 Å². The number of carbonyl (C=O) groups excluding carboxylic acids is 2. The van der Waals surface area contributed by atoms with E-state index in [1.807, 2.05) is 48.5 Å². The van der Waals surface area contributed by atoms with Crippen molar-refractivity contribution in [1.82, 2.24) is 5.32 Å². The van der Waals surface area contributed by atoms with Gasteiger partial charge in [0.1, 0.15) is 17.4 Å². The highest BCUT2D eigenvalue weighted by Crippen LogP contribution is 2.47. The van der Waals surface area contributed by atoms with Gasteiger partial charge in [0.25, 0.3) is 0 Å². The summed E-state index contributed by atoms with van der Waals surface area (Å²) in [7, 11) is 3.24. The number of ketones is 1. The zero-order valence-electron chi connectivity index (χ0n) is 19.2. The lowest BCUT2D eigenvalue weighted by Gasteiger charge is -2.40. The molecule has 6 heteroatoms. The van der Waals surface area contributed by atoms with Gasteiger partial charge in [-0.15, -0.1) is 0 Å². The minimum absolute atomic E-state index is 0.0344. The van der Waals surface area contributed by atoms with Crippen molar-refractivity contribution in [3.8, 4) is 11.5 Å². The number of benzene rings is 2. The first kappa shape index (κ1) is 22.6. The van der Waals surface area contributed by atoms with E-state index in [9.17, 15) is 9.59 Å². The number of esters is 1. The summed E-state index contributed by atoms with van der Waals surface area (Å²) in [6, 6.07) is 15.3. The van der Waals surface area contributed by atoms with E-state index in [-0.39, 0.29) is 24.3 Å². The van der Waals surface area contributed by atoms with E-state index >= 15 is 0 Å². The molecule has 2 aliphatic rings. The van der Waals surface area contributed by atoms with Crippen molar-refractivity contribution < 1.29 is 23.8 Å². The van der Waals surface area contributed by atoms with Gasteiger partial charge in [-0.2, -0.15) is 0 Å². The van der Waals surface area contributed by atoms with Crippen molar-refractivity contribution in [1.29, 1.82) is 0 Å². The number of nitrogens with one attached hydrogen (secondary N) is 1. The maximum atomic E-state index is 13.5. The van der Waals surface area contributed by atoms with Crippen LogP contribution in [-0.2, 0) is 14.3 Å². The molecular formula is C27H29NO5. The molecule has 6 nitrogen and oxygen atoms in total. The maximum absolute atomic E-state index is 13.5. The highest BCUT2D eigenvalue weighted by Gasteiger charge is 2.45. The molecule has 0 fully saturated rings. The maximum Gasteiger partial charge on any atom is 0.315 e. The number of carbonyl (C=O) groups is 2. The van der Waals surface area contributed by atoms with Crippen LogP contribution < -0.4 is 14.8 Å². The molecule has 172 valence electrons. The normalized spacial score (nSPS) is 22.3. The Morgan fingerprint density at radius 1 is 0.970 bits per heavy atom. The average Bonchev–Trinajstić information content (AvgIpc) is 2.83. The third-order valence-electron chi connectivity index (χ3n) is 6.44. The summed E-state index contributed by atoms with van der Waals surface area (Å²) >= 11 is 0. The second kappa shape index (κ2) is 9.53. The molecule has 1 aliphatic heterocycles. The zero-order valence-corrected chi connectivity index (χ0v) is 19.2. The third-order valence-corrected chi connectivity index (χ3v) is 6.44. The fourth-order valence-electron chi connectivity index (χ4n) is 4.84. The summed E-state index contributed by atoms with van der Waals surface area (Å²) < 4.78 is 15.9. The third kappa shape index (κ3) is 4.38. The molecule has 0 radical (unpaired) electrons. The molecule has 1 N–H and O–H groups in total. The Morgan fingerprint density at radius 3 is 2.09 bits per heavy atom. The van der Waals surface area contributed by atoms with E-state index in [1.54, 1.807) is 21.1 Å². The number of hydrogen-bond acceptors (Lipinski definition) is 6. The van der Waals surface area contributed by atoms with Crippen LogP contribution in [0.15, 0.2) is 72.1 Å². The van der Waals surface area contributed by atoms with Gasteiger partial charge in [0.05, 0.1) is 20.8 Å². The summed E-state index contributed by atoms with van der Waals surface area (Å²) in [4.78, 5) is 26.5. The Morgan fingerprint density at radius 2 is 1.55 bits per heavy atom. The SMILES string of the molecule is C=C1NC2=C(C(=O)CC(c3ccc(OC)cc3)C2)C(c2ccc(OC)cc2)C1C(=O)OCC. The van der Waals surface area contributed by atoms with Crippen LogP contribution in [0.5, 0.6) is 11.5 Å². The van der Waals surface area contributed by atoms with Gasteiger partial charge in [-0.3, -0.25) is 9.59 Å². The topological polar surface area (TPSA) is 73.9 Å². The molecule has 0 bridgehead atoms. The van der Waals surface area contributed by atoms with Gasteiger partial charge < -0.3 is 19.5 Å². The van der Waals surface area contributed by atoms with Gasteiger partial charge in [0, 0.05) is 29.3 Å². The molecule has 4 rings (SSSR count). The van der Waals surface area contributed by atoms with Gasteiger partial charge in [-0.1, -0.05) is 30.8 Å². The van der Waals surface area contributed by atoms with Crippen LogP contribution in [0.25, 0.3) is 0 Å². The van der Waals surface area contributed by atoms with Crippen molar-refractivity contribution in [2.45, 2.75) is 31.6 Å². The predicted octanol–water partition coefficient (Wildman–Crippen LogP) is 4.48. The van der Waals surface area contributed by atoms with E-state index in [2.05, 4.69) is 11.9 Å². The summed E-state index contributed by atoms with van der Waals surface area (Å²) in [5.41, 5.74) is 3.97. The number of allylic oxidation sites excluding steroid dienone is 2. The van der Waals surface area contributed by atoms with Gasteiger partial charge in [-0.05, 0) is 54.7 Å². The first-order valence-electron chi connectivity index (χ1n) is 11.1. The minimum atomic E-state index is -0.682. The molecule has 0 saturated heterocycles. The van der Waals surface area contributed by atoms with Gasteiger partial charge >= 0.3 is 5.97 Å². The van der Waals surface area contributed by atoms with Crippen LogP contribution >= 0.6 is 0 Å². The summed E-state index contributed by atoms with van der Waals surface area (Å²) in [6.45, 7) is 6.18. The van der Waals surface area contributed by atoms with Crippen LogP contribution in [0.4, 0.5) is 0 Å². The molecule has 2 aromatic rings. The zero-order chi connectivity index (χ0) is 23.5. The molecule has 3 atom stereocenters. The fourth-order valence-corrected chi connectivity index (χ4v) is 4.84. The quantitative estimate of drug-likeness (QED) is 0.658. The molecular weight excluding hydrogens is 418 g/mol. The minimum Gasteiger partial charge on any atom is -0.497 e. The van der Waals surface area contributed by atoms with Crippen LogP contribution in [-0.4, -0.2) is 32.6 Å².